The van der Waals surface area contributed by atoms with Crippen LogP contribution in [0.15, 0.2) is 11.5 Å². The van der Waals surface area contributed by atoms with Crippen LogP contribution < -0.4 is 0 Å². The zero-order chi connectivity index (χ0) is 6.95. The minimum Gasteiger partial charge on any atom is -0.396 e. The number of aliphatic hydroxyl groups is 2. The second kappa shape index (κ2) is 8.01. The predicted octanol–water partition coefficient (Wildman–Crippen LogP) is 0.608. The minimum atomic E-state index is 0.205. The highest BCUT2D eigenvalue weighted by Gasteiger charge is 1.77. The van der Waals surface area contributed by atoms with E-state index < -0.39 is 0 Å². The average molecular weight is 148 g/mol. The lowest BCUT2D eigenvalue weighted by Gasteiger charge is -1.87. The van der Waals surface area contributed by atoms with Gasteiger partial charge in [-0.05, 0) is 11.8 Å². The second-order valence-electron chi connectivity index (χ2n) is 1.48. The highest BCUT2D eigenvalue weighted by atomic mass is 32.2. The normalized spacial score (nSPS) is 10.9. The van der Waals surface area contributed by atoms with E-state index >= 15 is 0 Å². The predicted molar refractivity (Wildman–Crippen MR) is 40.4 cm³/mol. The van der Waals surface area contributed by atoms with Gasteiger partial charge in [0.15, 0.2) is 0 Å². The molecule has 0 spiro atoms. The summed E-state index contributed by atoms with van der Waals surface area (Å²) in [5, 5.41) is 18.5. The molecule has 0 unspecified atom stereocenters. The molecule has 2 nitrogen and oxygen atoms in total. The third kappa shape index (κ3) is 8.01. The number of rotatable bonds is 5. The van der Waals surface area contributed by atoms with Crippen molar-refractivity contribution in [3.05, 3.63) is 11.5 Å². The van der Waals surface area contributed by atoms with E-state index in [4.69, 9.17) is 10.2 Å². The fourth-order valence-electron chi connectivity index (χ4n) is 0.331. The fourth-order valence-corrected chi connectivity index (χ4v) is 0.845. The Kier molecular flexibility index (Phi) is 8.02. The van der Waals surface area contributed by atoms with Crippen LogP contribution in [0.3, 0.4) is 0 Å². The van der Waals surface area contributed by atoms with E-state index in [2.05, 4.69) is 0 Å². The van der Waals surface area contributed by atoms with Crippen LogP contribution >= 0.6 is 11.8 Å². The van der Waals surface area contributed by atoms with Crippen molar-refractivity contribution in [3.8, 4) is 0 Å². The Morgan fingerprint density at radius 1 is 1.22 bits per heavy atom. The minimum absolute atomic E-state index is 0.205. The van der Waals surface area contributed by atoms with Gasteiger partial charge in [0.1, 0.15) is 0 Å². The molecule has 0 rings (SSSR count). The van der Waals surface area contributed by atoms with Gasteiger partial charge in [-0.2, -0.15) is 0 Å². The molecule has 0 heterocycles. The maximum atomic E-state index is 8.32. The van der Waals surface area contributed by atoms with Gasteiger partial charge in [0.25, 0.3) is 0 Å². The van der Waals surface area contributed by atoms with Gasteiger partial charge in [0, 0.05) is 12.4 Å². The van der Waals surface area contributed by atoms with Crippen LogP contribution in [0.4, 0.5) is 0 Å². The molecule has 0 aromatic heterocycles. The molecule has 0 saturated carbocycles. The van der Waals surface area contributed by atoms with E-state index in [-0.39, 0.29) is 13.2 Å². The van der Waals surface area contributed by atoms with Crippen LogP contribution in [0.25, 0.3) is 0 Å². The highest BCUT2D eigenvalue weighted by molar-refractivity contribution is 8.02. The van der Waals surface area contributed by atoms with Crippen molar-refractivity contribution < 1.29 is 10.2 Å². The van der Waals surface area contributed by atoms with Crippen molar-refractivity contribution in [2.45, 2.75) is 6.42 Å². The lowest BCUT2D eigenvalue weighted by molar-refractivity contribution is 0.302. The van der Waals surface area contributed by atoms with E-state index in [0.29, 0.717) is 6.42 Å². The van der Waals surface area contributed by atoms with Gasteiger partial charge in [-0.25, -0.2) is 0 Å². The Hall–Kier alpha value is 0.01000. The van der Waals surface area contributed by atoms with E-state index in [0.717, 1.165) is 5.75 Å². The van der Waals surface area contributed by atoms with Gasteiger partial charge in [-0.3, -0.25) is 0 Å². The lowest BCUT2D eigenvalue weighted by atomic mass is 10.5. The third-order valence-corrected chi connectivity index (χ3v) is 1.50. The number of hydrogen-bond donors (Lipinski definition) is 2. The van der Waals surface area contributed by atoms with Gasteiger partial charge in [-0.15, -0.1) is 11.8 Å². The molecule has 0 atom stereocenters. The maximum absolute atomic E-state index is 8.32. The monoisotopic (exact) mass is 148 g/mol. The Balaban J connectivity index is 2.86. The molecule has 0 aromatic carbocycles. The Labute approximate surface area is 59.6 Å². The summed E-state index contributed by atoms with van der Waals surface area (Å²) < 4.78 is 0. The summed E-state index contributed by atoms with van der Waals surface area (Å²) in [5.74, 6) is 0.738. The maximum Gasteiger partial charge on any atom is 0.0525 e. The highest BCUT2D eigenvalue weighted by Crippen LogP contribution is 2.00. The molecule has 0 aliphatic heterocycles. The number of aliphatic hydroxyl groups excluding tert-OH is 2. The molecule has 2 N–H and O–H groups in total. The molecule has 0 aliphatic rings. The van der Waals surface area contributed by atoms with Crippen LogP contribution in [-0.4, -0.2) is 29.2 Å². The van der Waals surface area contributed by atoms with Gasteiger partial charge >= 0.3 is 0 Å². The topological polar surface area (TPSA) is 40.5 Å². The van der Waals surface area contributed by atoms with E-state index in [1.807, 2.05) is 11.5 Å². The molecule has 0 bridgehead atoms. The zero-order valence-corrected chi connectivity index (χ0v) is 6.10. The van der Waals surface area contributed by atoms with Gasteiger partial charge in [0.05, 0.1) is 6.61 Å². The average Bonchev–Trinajstić information content (AvgIpc) is 1.89. The Bertz CT molecular complexity index is 73.5. The molecule has 0 fully saturated rings. The van der Waals surface area contributed by atoms with Crippen LogP contribution in [0.1, 0.15) is 6.42 Å². The summed E-state index contributed by atoms with van der Waals surface area (Å²) in [5.41, 5.74) is 0. The van der Waals surface area contributed by atoms with Crippen molar-refractivity contribution in [1.82, 2.24) is 0 Å². The van der Waals surface area contributed by atoms with Crippen molar-refractivity contribution >= 4 is 11.8 Å². The summed E-state index contributed by atoms with van der Waals surface area (Å²) in [6.07, 6.45) is 2.60. The molecule has 0 aromatic rings. The van der Waals surface area contributed by atoms with Crippen LogP contribution in [0.5, 0.6) is 0 Å². The van der Waals surface area contributed by atoms with Crippen LogP contribution in [0.2, 0.25) is 0 Å². The van der Waals surface area contributed by atoms with Crippen molar-refractivity contribution in [2.75, 3.05) is 19.0 Å². The Morgan fingerprint density at radius 3 is 2.56 bits per heavy atom. The third-order valence-electron chi connectivity index (χ3n) is 0.697. The molecule has 0 saturated heterocycles. The fraction of sp³-hybridized carbons (Fsp3) is 0.667. The first-order valence-corrected chi connectivity index (χ1v) is 3.95. The number of hydrogen-bond acceptors (Lipinski definition) is 3. The molecule has 0 radical (unpaired) electrons. The van der Waals surface area contributed by atoms with Crippen molar-refractivity contribution in [1.29, 1.82) is 0 Å². The first-order chi connectivity index (χ1) is 4.41. The number of thioether (sulfide) groups is 1. The van der Waals surface area contributed by atoms with Crippen molar-refractivity contribution in [2.24, 2.45) is 0 Å². The van der Waals surface area contributed by atoms with Crippen molar-refractivity contribution in [3.63, 3.8) is 0 Å². The molecule has 54 valence electrons. The smallest absolute Gasteiger partial charge is 0.0525 e. The molecule has 0 aliphatic carbocycles. The van der Waals surface area contributed by atoms with Gasteiger partial charge < -0.3 is 10.2 Å². The standard InChI is InChI=1S/C6H12O2S/c7-3-1-2-5-9-6-4-8/h2,5,7-8H,1,3-4,6H2. The van der Waals surface area contributed by atoms with Gasteiger partial charge in [-0.1, -0.05) is 6.08 Å². The molecular formula is C6H12O2S. The quantitative estimate of drug-likeness (QED) is 0.561. The van der Waals surface area contributed by atoms with E-state index in [1.54, 1.807) is 11.8 Å². The van der Waals surface area contributed by atoms with Crippen LogP contribution in [0, 0.1) is 0 Å². The molecule has 9 heavy (non-hydrogen) atoms. The van der Waals surface area contributed by atoms with Crippen LogP contribution in [-0.2, 0) is 0 Å². The summed E-state index contributed by atoms with van der Waals surface area (Å²) in [6, 6.07) is 0. The molecule has 3 heteroatoms. The summed E-state index contributed by atoms with van der Waals surface area (Å²) in [6.45, 7) is 0.421. The molecular weight excluding hydrogens is 136 g/mol. The Morgan fingerprint density at radius 2 is 2.00 bits per heavy atom. The summed E-state index contributed by atoms with van der Waals surface area (Å²) >= 11 is 1.55. The van der Waals surface area contributed by atoms with E-state index in [1.165, 1.54) is 0 Å². The first kappa shape index (κ1) is 9.01. The summed E-state index contributed by atoms with van der Waals surface area (Å²) in [4.78, 5) is 0. The van der Waals surface area contributed by atoms with Gasteiger partial charge in [0.2, 0.25) is 0 Å². The lowest BCUT2D eigenvalue weighted by Crippen LogP contribution is -1.82. The summed E-state index contributed by atoms with van der Waals surface area (Å²) in [7, 11) is 0. The largest absolute Gasteiger partial charge is 0.396 e. The zero-order valence-electron chi connectivity index (χ0n) is 5.29. The SMILES string of the molecule is OCCC=CSCCO. The second-order valence-corrected chi connectivity index (χ2v) is 2.49. The van der Waals surface area contributed by atoms with E-state index in [9.17, 15) is 0 Å². The first-order valence-electron chi connectivity index (χ1n) is 2.90. The molecule has 0 amide bonds.